The lowest BCUT2D eigenvalue weighted by atomic mass is 10.1. The largest absolute Gasteiger partial charge is 0.354 e. The molecule has 0 spiro atoms. The maximum absolute atomic E-state index is 13.3. The summed E-state index contributed by atoms with van der Waals surface area (Å²) in [6.45, 7) is 2.36. The van der Waals surface area contributed by atoms with Gasteiger partial charge in [-0.15, -0.1) is 0 Å². The molecule has 0 unspecified atom stereocenters. The molecule has 7 heteroatoms. The lowest BCUT2D eigenvalue weighted by Gasteiger charge is -2.09. The monoisotopic (exact) mass is 368 g/mol. The zero-order valence-electron chi connectivity index (χ0n) is 14.7. The van der Waals surface area contributed by atoms with E-state index in [4.69, 9.17) is 0 Å². The highest BCUT2D eigenvalue weighted by atomic mass is 19.2. The minimum atomic E-state index is -1.03. The average molecular weight is 368 g/mol. The smallest absolute Gasteiger partial charge is 0.274 e. The summed E-state index contributed by atoms with van der Waals surface area (Å²) in [4.78, 5) is 20.8. The van der Waals surface area contributed by atoms with Gasteiger partial charge in [0.1, 0.15) is 5.69 Å². The van der Waals surface area contributed by atoms with Crippen LogP contribution >= 0.6 is 0 Å². The first kappa shape index (κ1) is 18.4. The maximum Gasteiger partial charge on any atom is 0.274 e. The average Bonchev–Trinajstić information content (AvgIpc) is 2.65. The van der Waals surface area contributed by atoms with E-state index >= 15 is 0 Å². The summed E-state index contributed by atoms with van der Waals surface area (Å²) in [7, 11) is 0. The van der Waals surface area contributed by atoms with Crippen molar-refractivity contribution in [1.29, 1.82) is 0 Å². The number of halogens is 2. The van der Waals surface area contributed by atoms with Crippen LogP contribution in [0.3, 0.4) is 0 Å². The number of nitrogens with one attached hydrogen (secondary N) is 2. The molecular weight excluding hydrogens is 350 g/mol. The lowest BCUT2D eigenvalue weighted by molar-refractivity contribution is 0.102. The van der Waals surface area contributed by atoms with Gasteiger partial charge in [-0.25, -0.2) is 18.7 Å². The second-order valence-electron chi connectivity index (χ2n) is 5.96. The first-order chi connectivity index (χ1) is 13.0. The Kier molecular flexibility index (Phi) is 5.71. The third-order valence-electron chi connectivity index (χ3n) is 3.80. The number of carbonyl (C=O) groups is 1. The van der Waals surface area contributed by atoms with Crippen molar-refractivity contribution >= 4 is 17.5 Å². The van der Waals surface area contributed by atoms with Crippen molar-refractivity contribution in [3.05, 3.63) is 83.2 Å². The second-order valence-corrected chi connectivity index (χ2v) is 5.96. The van der Waals surface area contributed by atoms with Crippen LogP contribution < -0.4 is 10.6 Å². The van der Waals surface area contributed by atoms with Crippen LogP contribution in [-0.2, 0) is 6.42 Å². The predicted octanol–water partition coefficient (Wildman–Crippen LogP) is 3.97. The van der Waals surface area contributed by atoms with Crippen LogP contribution in [0.15, 0.2) is 54.6 Å². The Labute approximate surface area is 155 Å². The minimum absolute atomic E-state index is 0.134. The van der Waals surface area contributed by atoms with Gasteiger partial charge < -0.3 is 10.6 Å². The van der Waals surface area contributed by atoms with Gasteiger partial charge in [0.2, 0.25) is 5.95 Å². The molecular formula is C20H18F2N4O. The molecule has 1 amide bonds. The molecule has 27 heavy (non-hydrogen) atoms. The van der Waals surface area contributed by atoms with Gasteiger partial charge in [0.15, 0.2) is 11.6 Å². The summed E-state index contributed by atoms with van der Waals surface area (Å²) in [5, 5.41) is 5.60. The number of aromatic nitrogens is 2. The topological polar surface area (TPSA) is 66.9 Å². The number of amides is 1. The summed E-state index contributed by atoms with van der Waals surface area (Å²) in [5.41, 5.74) is 2.07. The molecule has 0 radical (unpaired) electrons. The molecule has 0 bridgehead atoms. The van der Waals surface area contributed by atoms with Gasteiger partial charge in [-0.1, -0.05) is 30.3 Å². The Hall–Kier alpha value is -3.35. The normalized spacial score (nSPS) is 10.5. The Morgan fingerprint density at radius 2 is 1.78 bits per heavy atom. The van der Waals surface area contributed by atoms with Crippen molar-refractivity contribution in [1.82, 2.24) is 9.97 Å². The second kappa shape index (κ2) is 8.35. The number of aryl methyl sites for hydroxylation is 1. The van der Waals surface area contributed by atoms with Crippen LogP contribution in [0.1, 0.15) is 21.7 Å². The van der Waals surface area contributed by atoms with Crippen LogP contribution in [0.2, 0.25) is 0 Å². The van der Waals surface area contributed by atoms with E-state index in [1.807, 2.05) is 30.3 Å². The number of hydrogen-bond acceptors (Lipinski definition) is 4. The fraction of sp³-hybridized carbons (Fsp3) is 0.150. The number of nitrogens with zero attached hydrogens (tertiary/aromatic N) is 2. The first-order valence-corrected chi connectivity index (χ1v) is 8.41. The molecule has 1 heterocycles. The number of rotatable bonds is 6. The van der Waals surface area contributed by atoms with Crippen molar-refractivity contribution in [2.45, 2.75) is 13.3 Å². The summed E-state index contributed by atoms with van der Waals surface area (Å²) in [5.74, 6) is -2.20. The molecule has 0 saturated heterocycles. The molecule has 3 aromatic rings. The van der Waals surface area contributed by atoms with Gasteiger partial charge >= 0.3 is 0 Å². The summed E-state index contributed by atoms with van der Waals surface area (Å²) in [6.07, 6.45) is 0.786. The first-order valence-electron chi connectivity index (χ1n) is 8.41. The summed E-state index contributed by atoms with van der Waals surface area (Å²) >= 11 is 0. The van der Waals surface area contributed by atoms with E-state index in [0.717, 1.165) is 18.6 Å². The third-order valence-corrected chi connectivity index (χ3v) is 3.80. The number of benzene rings is 2. The van der Waals surface area contributed by atoms with Gasteiger partial charge in [0.05, 0.1) is 0 Å². The maximum atomic E-state index is 13.3. The van der Waals surface area contributed by atoms with Gasteiger partial charge in [0.25, 0.3) is 5.91 Å². The van der Waals surface area contributed by atoms with Crippen LogP contribution in [0, 0.1) is 18.6 Å². The SMILES string of the molecule is Cc1cc(C(=O)Nc2ccc(F)c(F)c2)nc(NCCc2ccccc2)n1. The quantitative estimate of drug-likeness (QED) is 0.691. The summed E-state index contributed by atoms with van der Waals surface area (Å²) in [6, 6.07) is 14.6. The molecule has 5 nitrogen and oxygen atoms in total. The zero-order chi connectivity index (χ0) is 19.2. The van der Waals surface area contributed by atoms with Gasteiger partial charge in [0, 0.05) is 24.0 Å². The highest BCUT2D eigenvalue weighted by molar-refractivity contribution is 6.03. The van der Waals surface area contributed by atoms with Crippen molar-refractivity contribution in [2.75, 3.05) is 17.2 Å². The van der Waals surface area contributed by atoms with Crippen LogP contribution in [0.4, 0.5) is 20.4 Å². The number of carbonyl (C=O) groups excluding carboxylic acids is 1. The molecule has 0 aliphatic carbocycles. The molecule has 0 aliphatic heterocycles. The van der Waals surface area contributed by atoms with Crippen molar-refractivity contribution < 1.29 is 13.6 Å². The van der Waals surface area contributed by atoms with Crippen LogP contribution in [0.25, 0.3) is 0 Å². The van der Waals surface area contributed by atoms with E-state index in [1.54, 1.807) is 6.92 Å². The Morgan fingerprint density at radius 1 is 1.00 bits per heavy atom. The van der Waals surface area contributed by atoms with E-state index in [1.165, 1.54) is 17.7 Å². The molecule has 0 saturated carbocycles. The van der Waals surface area contributed by atoms with E-state index in [-0.39, 0.29) is 11.4 Å². The van der Waals surface area contributed by atoms with E-state index in [2.05, 4.69) is 20.6 Å². The molecule has 0 fully saturated rings. The van der Waals surface area contributed by atoms with Crippen molar-refractivity contribution in [3.8, 4) is 0 Å². The molecule has 138 valence electrons. The van der Waals surface area contributed by atoms with Gasteiger partial charge in [-0.3, -0.25) is 4.79 Å². The Balaban J connectivity index is 1.66. The van der Waals surface area contributed by atoms with Crippen LogP contribution in [-0.4, -0.2) is 22.4 Å². The third kappa shape index (κ3) is 5.07. The predicted molar refractivity (Wildman–Crippen MR) is 99.7 cm³/mol. The van der Waals surface area contributed by atoms with E-state index < -0.39 is 17.5 Å². The van der Waals surface area contributed by atoms with Crippen molar-refractivity contribution in [3.63, 3.8) is 0 Å². The van der Waals surface area contributed by atoms with E-state index in [9.17, 15) is 13.6 Å². The van der Waals surface area contributed by atoms with E-state index in [0.29, 0.717) is 18.2 Å². The lowest BCUT2D eigenvalue weighted by Crippen LogP contribution is -2.17. The standard InChI is InChI=1S/C20H18F2N4O/c1-13-11-18(19(27)25-15-7-8-16(21)17(22)12-15)26-20(24-13)23-10-9-14-5-3-2-4-6-14/h2-8,11-12H,9-10H2,1H3,(H,25,27)(H,23,24,26). The van der Waals surface area contributed by atoms with Gasteiger partial charge in [-0.2, -0.15) is 0 Å². The molecule has 0 atom stereocenters. The number of hydrogen-bond donors (Lipinski definition) is 2. The molecule has 2 N–H and O–H groups in total. The fourth-order valence-corrected chi connectivity index (χ4v) is 2.50. The Morgan fingerprint density at radius 3 is 2.52 bits per heavy atom. The van der Waals surface area contributed by atoms with Crippen molar-refractivity contribution in [2.24, 2.45) is 0 Å². The molecule has 2 aromatic carbocycles. The van der Waals surface area contributed by atoms with Crippen LogP contribution in [0.5, 0.6) is 0 Å². The summed E-state index contributed by atoms with van der Waals surface area (Å²) < 4.78 is 26.3. The molecule has 1 aromatic heterocycles. The zero-order valence-corrected chi connectivity index (χ0v) is 14.7. The number of anilines is 2. The molecule has 3 rings (SSSR count). The molecule has 0 aliphatic rings. The minimum Gasteiger partial charge on any atom is -0.354 e. The van der Waals surface area contributed by atoms with Gasteiger partial charge in [-0.05, 0) is 37.1 Å². The highest BCUT2D eigenvalue weighted by Crippen LogP contribution is 2.15. The Bertz CT molecular complexity index is 948. The highest BCUT2D eigenvalue weighted by Gasteiger charge is 2.12. The fourth-order valence-electron chi connectivity index (χ4n) is 2.50.